The van der Waals surface area contributed by atoms with E-state index in [1.165, 1.54) is 12.0 Å². The molecule has 1 fully saturated rings. The lowest BCUT2D eigenvalue weighted by atomic mass is 10.1. The van der Waals surface area contributed by atoms with Gasteiger partial charge in [-0.1, -0.05) is 11.6 Å². The van der Waals surface area contributed by atoms with Crippen molar-refractivity contribution < 1.29 is 27.1 Å². The van der Waals surface area contributed by atoms with E-state index < -0.39 is 34.0 Å². The summed E-state index contributed by atoms with van der Waals surface area (Å²) in [7, 11) is 1.50. The molecule has 0 unspecified atom stereocenters. The monoisotopic (exact) mass is 480 g/mol. The summed E-state index contributed by atoms with van der Waals surface area (Å²) in [4.78, 5) is 15.3. The highest BCUT2D eigenvalue weighted by Crippen LogP contribution is 2.34. The van der Waals surface area contributed by atoms with Crippen LogP contribution in [0.2, 0.25) is 5.02 Å². The Balaban J connectivity index is 1.77. The topological polar surface area (TPSA) is 32.8 Å². The number of piperazine rings is 1. The third kappa shape index (κ3) is 3.65. The Hall–Kier alpha value is -2.00. The molecule has 0 aromatic heterocycles. The quantitative estimate of drug-likeness (QED) is 0.364. The Labute approximate surface area is 171 Å². The van der Waals surface area contributed by atoms with Crippen LogP contribution in [0.25, 0.3) is 0 Å². The Morgan fingerprint density at radius 1 is 1.04 bits per heavy atom. The molecule has 1 aliphatic heterocycles. The smallest absolute Gasteiger partial charge is 0.254 e. The summed E-state index contributed by atoms with van der Waals surface area (Å²) in [6.07, 6.45) is 0. The van der Waals surface area contributed by atoms with E-state index in [0.717, 1.165) is 4.90 Å². The number of rotatable bonds is 3. The van der Waals surface area contributed by atoms with Gasteiger partial charge in [0.1, 0.15) is 16.5 Å². The van der Waals surface area contributed by atoms with Crippen molar-refractivity contribution in [3.05, 3.63) is 56.5 Å². The maximum Gasteiger partial charge on any atom is 0.254 e. The Bertz CT molecular complexity index is 907. The van der Waals surface area contributed by atoms with Crippen LogP contribution in [0.15, 0.2) is 22.7 Å². The van der Waals surface area contributed by atoms with Crippen LogP contribution in [0.4, 0.5) is 23.2 Å². The van der Waals surface area contributed by atoms with Gasteiger partial charge in [0.15, 0.2) is 23.3 Å². The number of halogens is 6. The van der Waals surface area contributed by atoms with Crippen molar-refractivity contribution >= 4 is 39.1 Å². The number of hydrogen-bond acceptors (Lipinski definition) is 3. The van der Waals surface area contributed by atoms with E-state index in [9.17, 15) is 22.4 Å². The van der Waals surface area contributed by atoms with Gasteiger partial charge >= 0.3 is 0 Å². The summed E-state index contributed by atoms with van der Waals surface area (Å²) in [5.74, 6) is -6.10. The number of carbonyl (C=O) groups is 1. The molecule has 150 valence electrons. The molecule has 0 aliphatic carbocycles. The van der Waals surface area contributed by atoms with Crippen molar-refractivity contribution in [2.45, 2.75) is 0 Å². The molecule has 0 bridgehead atoms. The molecule has 2 aromatic carbocycles. The number of anilines is 1. The SMILES string of the molecule is COc1ccc(C(=O)N2CCN(c3c(F)c(F)c(Cl)c(F)c3F)CC2)cc1Br. The maximum absolute atomic E-state index is 14.1. The predicted octanol–water partition coefficient (Wildman–Crippen LogP) is 4.63. The van der Waals surface area contributed by atoms with E-state index in [-0.39, 0.29) is 32.1 Å². The average molecular weight is 482 g/mol. The number of hydrogen-bond donors (Lipinski definition) is 0. The molecule has 1 saturated heterocycles. The number of nitrogens with zero attached hydrogens (tertiary/aromatic N) is 2. The minimum atomic E-state index is -1.64. The van der Waals surface area contributed by atoms with E-state index in [2.05, 4.69) is 15.9 Å². The highest BCUT2D eigenvalue weighted by Gasteiger charge is 2.31. The van der Waals surface area contributed by atoms with Crippen molar-refractivity contribution in [3.63, 3.8) is 0 Å². The lowest BCUT2D eigenvalue weighted by Gasteiger charge is -2.36. The van der Waals surface area contributed by atoms with Gasteiger partial charge in [0.05, 0.1) is 11.6 Å². The zero-order chi connectivity index (χ0) is 20.6. The number of amides is 1. The fourth-order valence-corrected chi connectivity index (χ4v) is 3.69. The highest BCUT2D eigenvalue weighted by atomic mass is 79.9. The molecule has 1 amide bonds. The van der Waals surface area contributed by atoms with Crippen LogP contribution in [0, 0.1) is 23.3 Å². The molecule has 0 N–H and O–H groups in total. The van der Waals surface area contributed by atoms with Gasteiger partial charge in [0, 0.05) is 31.7 Å². The average Bonchev–Trinajstić information content (AvgIpc) is 2.71. The van der Waals surface area contributed by atoms with Gasteiger partial charge < -0.3 is 14.5 Å². The van der Waals surface area contributed by atoms with Gasteiger partial charge in [-0.25, -0.2) is 17.6 Å². The molecule has 0 saturated carbocycles. The lowest BCUT2D eigenvalue weighted by Crippen LogP contribution is -2.49. The molecule has 0 radical (unpaired) electrons. The number of ether oxygens (including phenoxy) is 1. The van der Waals surface area contributed by atoms with E-state index >= 15 is 0 Å². The van der Waals surface area contributed by atoms with Crippen molar-refractivity contribution in [2.24, 2.45) is 0 Å². The molecule has 2 aromatic rings. The first-order valence-corrected chi connectivity index (χ1v) is 9.32. The molecular weight excluding hydrogens is 468 g/mol. The van der Waals surface area contributed by atoms with Crippen LogP contribution in [0.3, 0.4) is 0 Å². The zero-order valence-corrected chi connectivity index (χ0v) is 16.9. The van der Waals surface area contributed by atoms with E-state index in [0.29, 0.717) is 15.8 Å². The summed E-state index contributed by atoms with van der Waals surface area (Å²) in [5, 5.41) is -1.22. The molecule has 10 heteroatoms. The number of carbonyl (C=O) groups excluding carboxylic acids is 1. The molecule has 1 aliphatic rings. The first kappa shape index (κ1) is 20.7. The third-order valence-electron chi connectivity index (χ3n) is 4.47. The predicted molar refractivity (Wildman–Crippen MR) is 100 cm³/mol. The minimum Gasteiger partial charge on any atom is -0.496 e. The minimum absolute atomic E-state index is 0.00256. The first-order chi connectivity index (χ1) is 13.3. The van der Waals surface area contributed by atoms with Crippen LogP contribution < -0.4 is 9.64 Å². The molecule has 0 spiro atoms. The van der Waals surface area contributed by atoms with Gasteiger partial charge in [0.25, 0.3) is 5.91 Å². The van der Waals surface area contributed by atoms with Crippen LogP contribution in [-0.2, 0) is 0 Å². The van der Waals surface area contributed by atoms with Crippen molar-refractivity contribution in [1.29, 1.82) is 0 Å². The summed E-state index contributed by atoms with van der Waals surface area (Å²) in [6, 6.07) is 4.84. The van der Waals surface area contributed by atoms with Crippen molar-refractivity contribution in [1.82, 2.24) is 4.90 Å². The van der Waals surface area contributed by atoms with Gasteiger partial charge in [-0.3, -0.25) is 4.79 Å². The van der Waals surface area contributed by atoms with E-state index in [4.69, 9.17) is 16.3 Å². The van der Waals surface area contributed by atoms with Crippen LogP contribution >= 0.6 is 27.5 Å². The van der Waals surface area contributed by atoms with E-state index in [1.807, 2.05) is 0 Å². The molecule has 28 heavy (non-hydrogen) atoms. The third-order valence-corrected chi connectivity index (χ3v) is 5.42. The lowest BCUT2D eigenvalue weighted by molar-refractivity contribution is 0.0746. The van der Waals surface area contributed by atoms with Crippen LogP contribution in [0.5, 0.6) is 5.75 Å². The molecule has 0 atom stereocenters. The summed E-state index contributed by atoms with van der Waals surface area (Å²) in [5.41, 5.74) is -0.416. The van der Waals surface area contributed by atoms with E-state index in [1.54, 1.807) is 18.2 Å². The number of benzene rings is 2. The van der Waals surface area contributed by atoms with Crippen LogP contribution in [0.1, 0.15) is 10.4 Å². The normalized spacial score (nSPS) is 14.4. The van der Waals surface area contributed by atoms with Gasteiger partial charge in [0.2, 0.25) is 0 Å². The maximum atomic E-state index is 14.1. The van der Waals surface area contributed by atoms with Crippen LogP contribution in [-0.4, -0.2) is 44.1 Å². The zero-order valence-electron chi connectivity index (χ0n) is 14.5. The van der Waals surface area contributed by atoms with Gasteiger partial charge in [-0.15, -0.1) is 0 Å². The fourth-order valence-electron chi connectivity index (χ4n) is 2.99. The van der Waals surface area contributed by atoms with Crippen molar-refractivity contribution in [3.8, 4) is 5.75 Å². The Morgan fingerprint density at radius 3 is 2.11 bits per heavy atom. The van der Waals surface area contributed by atoms with Gasteiger partial charge in [-0.2, -0.15) is 0 Å². The molecule has 1 heterocycles. The number of methoxy groups -OCH3 is 1. The summed E-state index contributed by atoms with van der Waals surface area (Å²) in [6.45, 7) is 0.231. The van der Waals surface area contributed by atoms with Gasteiger partial charge in [-0.05, 0) is 34.1 Å². The molecular formula is C18H14BrClF4N2O2. The second-order valence-corrected chi connectivity index (χ2v) is 7.28. The molecule has 3 rings (SSSR count). The molecule has 4 nitrogen and oxygen atoms in total. The first-order valence-electron chi connectivity index (χ1n) is 8.15. The Kier molecular flexibility index (Phi) is 6.04. The highest BCUT2D eigenvalue weighted by molar-refractivity contribution is 9.10. The summed E-state index contributed by atoms with van der Waals surface area (Å²) >= 11 is 8.56. The second-order valence-electron chi connectivity index (χ2n) is 6.05. The van der Waals surface area contributed by atoms with Crippen molar-refractivity contribution in [2.75, 3.05) is 38.2 Å². The Morgan fingerprint density at radius 2 is 1.61 bits per heavy atom. The standard InChI is InChI=1S/C18H14BrClF4N2O2/c1-28-11-3-2-9(8-10(11)19)18(27)26-6-4-25(5-7-26)17-15(23)13(21)12(20)14(22)16(17)24/h2-3,8H,4-7H2,1H3. The summed E-state index contributed by atoms with van der Waals surface area (Å²) < 4.78 is 61.4. The largest absolute Gasteiger partial charge is 0.496 e. The second kappa shape index (κ2) is 8.16. The fraction of sp³-hybridized carbons (Fsp3) is 0.278.